The summed E-state index contributed by atoms with van der Waals surface area (Å²) in [5, 5.41) is 3.11. The van der Waals surface area contributed by atoms with Crippen LogP contribution in [0.25, 0.3) is 6.08 Å². The van der Waals surface area contributed by atoms with Gasteiger partial charge in [-0.25, -0.2) is 4.98 Å². The molecule has 0 aliphatic rings. The predicted octanol–water partition coefficient (Wildman–Crippen LogP) is 1.92. The fourth-order valence-electron chi connectivity index (χ4n) is 1.33. The zero-order valence-electron chi connectivity index (χ0n) is 9.03. The Morgan fingerprint density at radius 1 is 1.57 bits per heavy atom. The predicted molar refractivity (Wildman–Crippen MR) is 60.1 cm³/mol. The molecular weight excluding hydrogens is 174 g/mol. The Bertz CT molecular complexity index is 276. The summed E-state index contributed by atoms with van der Waals surface area (Å²) in [5.41, 5.74) is 0. The van der Waals surface area contributed by atoms with Gasteiger partial charge in [0.15, 0.2) is 0 Å². The molecule has 0 bridgehead atoms. The largest absolute Gasteiger partial charge is 0.332 e. The van der Waals surface area contributed by atoms with E-state index >= 15 is 0 Å². The van der Waals surface area contributed by atoms with E-state index in [0.717, 1.165) is 31.8 Å². The lowest BCUT2D eigenvalue weighted by molar-refractivity contribution is 0.672. The molecule has 0 spiro atoms. The van der Waals surface area contributed by atoms with E-state index in [1.807, 2.05) is 19.4 Å². The van der Waals surface area contributed by atoms with Gasteiger partial charge >= 0.3 is 0 Å². The highest BCUT2D eigenvalue weighted by Gasteiger charge is 1.95. The van der Waals surface area contributed by atoms with Gasteiger partial charge in [0, 0.05) is 18.9 Å². The smallest absolute Gasteiger partial charge is 0.132 e. The van der Waals surface area contributed by atoms with E-state index < -0.39 is 0 Å². The van der Waals surface area contributed by atoms with Crippen molar-refractivity contribution in [3.05, 3.63) is 24.3 Å². The normalized spacial score (nSPS) is 11.3. The maximum atomic E-state index is 4.29. The Morgan fingerprint density at radius 2 is 2.43 bits per heavy atom. The third-order valence-corrected chi connectivity index (χ3v) is 2.04. The summed E-state index contributed by atoms with van der Waals surface area (Å²) < 4.78 is 2.18. The number of nitrogens with one attached hydrogen (secondary N) is 1. The third kappa shape index (κ3) is 3.34. The van der Waals surface area contributed by atoms with Gasteiger partial charge in [0.05, 0.1) is 0 Å². The summed E-state index contributed by atoms with van der Waals surface area (Å²) in [4.78, 5) is 4.29. The Morgan fingerprint density at radius 3 is 3.14 bits per heavy atom. The number of imidazole rings is 1. The van der Waals surface area contributed by atoms with Crippen molar-refractivity contribution in [2.24, 2.45) is 0 Å². The average Bonchev–Trinajstić information content (AvgIpc) is 2.61. The lowest BCUT2D eigenvalue weighted by atomic mass is 10.3. The van der Waals surface area contributed by atoms with Crippen molar-refractivity contribution in [2.45, 2.75) is 26.3 Å². The van der Waals surface area contributed by atoms with Crippen LogP contribution >= 0.6 is 0 Å². The molecule has 1 aromatic rings. The van der Waals surface area contributed by atoms with Crippen LogP contribution in [-0.2, 0) is 6.54 Å². The van der Waals surface area contributed by atoms with Gasteiger partial charge in [-0.15, -0.1) is 0 Å². The number of hydrogen-bond acceptors (Lipinski definition) is 2. The quantitative estimate of drug-likeness (QED) is 0.699. The van der Waals surface area contributed by atoms with Crippen LogP contribution in [0.2, 0.25) is 0 Å². The van der Waals surface area contributed by atoms with Crippen molar-refractivity contribution in [1.29, 1.82) is 0 Å². The first-order chi connectivity index (χ1) is 6.88. The first-order valence-electron chi connectivity index (χ1n) is 5.20. The maximum absolute atomic E-state index is 4.29. The fraction of sp³-hybridized carbons (Fsp3) is 0.545. The fourth-order valence-corrected chi connectivity index (χ4v) is 1.33. The van der Waals surface area contributed by atoms with Gasteiger partial charge < -0.3 is 9.88 Å². The van der Waals surface area contributed by atoms with E-state index in [2.05, 4.69) is 33.9 Å². The molecule has 0 unspecified atom stereocenters. The van der Waals surface area contributed by atoms with Crippen molar-refractivity contribution in [3.63, 3.8) is 0 Å². The summed E-state index contributed by atoms with van der Waals surface area (Å²) >= 11 is 0. The van der Waals surface area contributed by atoms with Crippen LogP contribution < -0.4 is 5.32 Å². The van der Waals surface area contributed by atoms with Crippen LogP contribution in [0, 0.1) is 0 Å². The highest BCUT2D eigenvalue weighted by Crippen LogP contribution is 2.02. The second kappa shape index (κ2) is 6.38. The zero-order valence-corrected chi connectivity index (χ0v) is 9.03. The minimum atomic E-state index is 1.02. The lowest BCUT2D eigenvalue weighted by Crippen LogP contribution is -2.05. The molecule has 0 radical (unpaired) electrons. The van der Waals surface area contributed by atoms with Gasteiger partial charge in [-0.05, 0) is 32.5 Å². The molecule has 0 atom stereocenters. The van der Waals surface area contributed by atoms with Crippen molar-refractivity contribution in [1.82, 2.24) is 14.9 Å². The molecular formula is C11H19N3. The number of rotatable bonds is 6. The van der Waals surface area contributed by atoms with E-state index in [0.29, 0.717) is 0 Å². The maximum Gasteiger partial charge on any atom is 0.132 e. The molecule has 3 nitrogen and oxygen atoms in total. The third-order valence-electron chi connectivity index (χ3n) is 2.04. The van der Waals surface area contributed by atoms with Crippen molar-refractivity contribution < 1.29 is 0 Å². The van der Waals surface area contributed by atoms with Crippen LogP contribution in [-0.4, -0.2) is 23.1 Å². The Balaban J connectivity index is 2.48. The average molecular weight is 193 g/mol. The minimum Gasteiger partial charge on any atom is -0.332 e. The highest BCUT2D eigenvalue weighted by molar-refractivity contribution is 5.40. The van der Waals surface area contributed by atoms with E-state index in [1.54, 1.807) is 0 Å². The molecule has 0 saturated heterocycles. The number of aryl methyl sites for hydroxylation is 1. The number of nitrogens with zero attached hydrogens (tertiary/aromatic N) is 2. The topological polar surface area (TPSA) is 29.9 Å². The zero-order chi connectivity index (χ0) is 10.2. The molecule has 0 aromatic carbocycles. The van der Waals surface area contributed by atoms with Crippen LogP contribution in [0.4, 0.5) is 0 Å². The molecule has 0 aliphatic carbocycles. The second-order valence-electron chi connectivity index (χ2n) is 3.27. The van der Waals surface area contributed by atoms with Gasteiger partial charge in [-0.3, -0.25) is 0 Å². The van der Waals surface area contributed by atoms with Crippen molar-refractivity contribution >= 4 is 6.08 Å². The molecule has 1 rings (SSSR count). The molecule has 1 aromatic heterocycles. The molecule has 14 heavy (non-hydrogen) atoms. The first kappa shape index (κ1) is 11.0. The molecule has 0 aliphatic heterocycles. The van der Waals surface area contributed by atoms with E-state index in [9.17, 15) is 0 Å². The SMILES string of the molecule is CCCn1ccnc1C=CCCNC. The minimum absolute atomic E-state index is 1.02. The van der Waals surface area contributed by atoms with E-state index in [4.69, 9.17) is 0 Å². The van der Waals surface area contributed by atoms with Gasteiger partial charge in [-0.2, -0.15) is 0 Å². The summed E-state index contributed by atoms with van der Waals surface area (Å²) in [5.74, 6) is 1.06. The van der Waals surface area contributed by atoms with Gasteiger partial charge in [0.25, 0.3) is 0 Å². The Labute approximate surface area is 85.8 Å². The van der Waals surface area contributed by atoms with Crippen LogP contribution in [0.1, 0.15) is 25.6 Å². The summed E-state index contributed by atoms with van der Waals surface area (Å²) in [7, 11) is 1.96. The van der Waals surface area contributed by atoms with Crippen LogP contribution in [0.15, 0.2) is 18.5 Å². The molecule has 1 N–H and O–H groups in total. The summed E-state index contributed by atoms with van der Waals surface area (Å²) in [6.07, 6.45) is 10.3. The first-order valence-corrected chi connectivity index (χ1v) is 5.20. The number of aromatic nitrogens is 2. The van der Waals surface area contributed by atoms with Gasteiger partial charge in [0.2, 0.25) is 0 Å². The van der Waals surface area contributed by atoms with Crippen LogP contribution in [0.3, 0.4) is 0 Å². The van der Waals surface area contributed by atoms with Crippen LogP contribution in [0.5, 0.6) is 0 Å². The number of hydrogen-bond donors (Lipinski definition) is 1. The lowest BCUT2D eigenvalue weighted by Gasteiger charge is -2.01. The molecule has 78 valence electrons. The Hall–Kier alpha value is -1.09. The summed E-state index contributed by atoms with van der Waals surface area (Å²) in [6.45, 7) is 4.24. The molecule has 0 fully saturated rings. The van der Waals surface area contributed by atoms with Crippen molar-refractivity contribution in [2.75, 3.05) is 13.6 Å². The standard InChI is InChI=1S/C11H19N3/c1-3-9-14-10-8-13-11(14)6-4-5-7-12-2/h4,6,8,10,12H,3,5,7,9H2,1-2H3. The van der Waals surface area contributed by atoms with Gasteiger partial charge in [-0.1, -0.05) is 13.0 Å². The molecule has 0 saturated carbocycles. The molecule has 3 heteroatoms. The highest BCUT2D eigenvalue weighted by atomic mass is 15.0. The second-order valence-corrected chi connectivity index (χ2v) is 3.27. The van der Waals surface area contributed by atoms with E-state index in [1.165, 1.54) is 0 Å². The monoisotopic (exact) mass is 193 g/mol. The summed E-state index contributed by atoms with van der Waals surface area (Å²) in [6, 6.07) is 0. The van der Waals surface area contributed by atoms with Crippen molar-refractivity contribution in [3.8, 4) is 0 Å². The van der Waals surface area contributed by atoms with Gasteiger partial charge in [0.1, 0.15) is 5.82 Å². The Kier molecular flexibility index (Phi) is 5.00. The molecule has 1 heterocycles. The van der Waals surface area contributed by atoms with E-state index in [-0.39, 0.29) is 0 Å². The molecule has 0 amide bonds.